The first-order chi connectivity index (χ1) is 25.2. The summed E-state index contributed by atoms with van der Waals surface area (Å²) in [7, 11) is 0. The second-order valence-electron chi connectivity index (χ2n) is 13.1. The highest BCUT2D eigenvalue weighted by Crippen LogP contribution is 2.37. The lowest BCUT2D eigenvalue weighted by Gasteiger charge is -2.10. The molecule has 0 fully saturated rings. The molecule has 240 valence electrons. The summed E-state index contributed by atoms with van der Waals surface area (Å²) in [6, 6.07) is 71.8. The van der Waals surface area contributed by atoms with Crippen LogP contribution in [0.15, 0.2) is 207 Å². The van der Waals surface area contributed by atoms with E-state index >= 15 is 0 Å². The fourth-order valence-corrected chi connectivity index (χ4v) is 7.25. The molecule has 1 heteroatoms. The zero-order chi connectivity index (χ0) is 34.1. The highest BCUT2D eigenvalue weighted by molar-refractivity contribution is 6.11. The molecule has 0 aliphatic heterocycles. The third-order valence-corrected chi connectivity index (χ3v) is 10.0. The van der Waals surface area contributed by atoms with Gasteiger partial charge < -0.3 is 4.57 Å². The Morgan fingerprint density at radius 3 is 1.06 bits per heavy atom. The van der Waals surface area contributed by atoms with Gasteiger partial charge in [0.05, 0.1) is 11.0 Å². The SMILES string of the molecule is C=C(c1ccc(-c2ccccc2)cc1)c1ccc(-c2ccc(-c3ccc4c(c3)c3cc(-c5ccccc5)ccc3n4-c3ccccc3)cc2)cc1. The van der Waals surface area contributed by atoms with Crippen molar-refractivity contribution in [2.45, 2.75) is 0 Å². The van der Waals surface area contributed by atoms with Gasteiger partial charge in [-0.3, -0.25) is 0 Å². The third kappa shape index (κ3) is 5.75. The van der Waals surface area contributed by atoms with Crippen LogP contribution in [0, 0.1) is 0 Å². The molecule has 0 atom stereocenters. The topological polar surface area (TPSA) is 4.93 Å². The van der Waals surface area contributed by atoms with Crippen LogP contribution in [-0.4, -0.2) is 4.57 Å². The second-order valence-corrected chi connectivity index (χ2v) is 13.1. The molecule has 9 rings (SSSR count). The first-order valence-corrected chi connectivity index (χ1v) is 17.4. The van der Waals surface area contributed by atoms with E-state index in [1.54, 1.807) is 0 Å². The average Bonchev–Trinajstić information content (AvgIpc) is 3.55. The van der Waals surface area contributed by atoms with Crippen molar-refractivity contribution in [3.8, 4) is 50.2 Å². The van der Waals surface area contributed by atoms with Crippen LogP contribution < -0.4 is 0 Å². The summed E-state index contributed by atoms with van der Waals surface area (Å²) in [5.41, 5.74) is 16.5. The molecule has 0 amide bonds. The summed E-state index contributed by atoms with van der Waals surface area (Å²) < 4.78 is 2.38. The van der Waals surface area contributed by atoms with Gasteiger partial charge in [0, 0.05) is 16.5 Å². The quantitative estimate of drug-likeness (QED) is 0.162. The lowest BCUT2D eigenvalue weighted by molar-refractivity contribution is 1.18. The van der Waals surface area contributed by atoms with Gasteiger partial charge in [-0.2, -0.15) is 0 Å². The average molecular weight is 650 g/mol. The predicted octanol–water partition coefficient (Wildman–Crippen LogP) is 13.5. The van der Waals surface area contributed by atoms with Gasteiger partial charge in [-0.05, 0) is 97.6 Å². The van der Waals surface area contributed by atoms with Crippen LogP contribution in [0.2, 0.25) is 0 Å². The summed E-state index contributed by atoms with van der Waals surface area (Å²) in [5.74, 6) is 0. The van der Waals surface area contributed by atoms with Gasteiger partial charge in [0.1, 0.15) is 0 Å². The van der Waals surface area contributed by atoms with E-state index in [0.29, 0.717) is 0 Å². The van der Waals surface area contributed by atoms with Crippen molar-refractivity contribution in [1.29, 1.82) is 0 Å². The molecule has 0 saturated heterocycles. The molecule has 0 spiro atoms. The Morgan fingerprint density at radius 1 is 0.314 bits per heavy atom. The number of fused-ring (bicyclic) bond motifs is 3. The fourth-order valence-electron chi connectivity index (χ4n) is 7.25. The Hall–Kier alpha value is -6.70. The van der Waals surface area contributed by atoms with Gasteiger partial charge in [0.2, 0.25) is 0 Å². The maximum absolute atomic E-state index is 4.42. The smallest absolute Gasteiger partial charge is 0.0541 e. The number of hydrogen-bond donors (Lipinski definition) is 0. The van der Waals surface area contributed by atoms with Crippen LogP contribution >= 0.6 is 0 Å². The molecule has 1 heterocycles. The first kappa shape index (κ1) is 30.4. The fraction of sp³-hybridized carbons (Fsp3) is 0. The van der Waals surface area contributed by atoms with Gasteiger partial charge in [-0.15, -0.1) is 0 Å². The van der Waals surface area contributed by atoms with Crippen molar-refractivity contribution in [3.05, 3.63) is 218 Å². The number of nitrogens with zero attached hydrogens (tertiary/aromatic N) is 1. The zero-order valence-corrected chi connectivity index (χ0v) is 28.2. The Morgan fingerprint density at radius 2 is 0.627 bits per heavy atom. The molecule has 0 aliphatic rings. The summed E-state index contributed by atoms with van der Waals surface area (Å²) in [5, 5.41) is 2.50. The number of benzene rings is 8. The number of aromatic nitrogens is 1. The summed E-state index contributed by atoms with van der Waals surface area (Å²) >= 11 is 0. The van der Waals surface area contributed by atoms with Crippen LogP contribution in [0.25, 0.3) is 77.6 Å². The highest BCUT2D eigenvalue weighted by atomic mass is 15.0. The van der Waals surface area contributed by atoms with E-state index < -0.39 is 0 Å². The van der Waals surface area contributed by atoms with E-state index in [4.69, 9.17) is 0 Å². The largest absolute Gasteiger partial charge is 0.309 e. The van der Waals surface area contributed by atoms with E-state index in [0.717, 1.165) is 22.4 Å². The van der Waals surface area contributed by atoms with Gasteiger partial charge in [-0.25, -0.2) is 0 Å². The molecule has 8 aromatic carbocycles. The molecule has 0 radical (unpaired) electrons. The maximum Gasteiger partial charge on any atom is 0.0541 e. The minimum Gasteiger partial charge on any atom is -0.309 e. The molecule has 51 heavy (non-hydrogen) atoms. The van der Waals surface area contributed by atoms with Gasteiger partial charge >= 0.3 is 0 Å². The molecule has 1 nitrogen and oxygen atoms in total. The summed E-state index contributed by atoms with van der Waals surface area (Å²) in [4.78, 5) is 0. The van der Waals surface area contributed by atoms with E-state index in [-0.39, 0.29) is 0 Å². The van der Waals surface area contributed by atoms with E-state index in [1.807, 2.05) is 6.07 Å². The molecule has 0 N–H and O–H groups in total. The van der Waals surface area contributed by atoms with Crippen LogP contribution in [0.1, 0.15) is 11.1 Å². The number of rotatable bonds is 7. The van der Waals surface area contributed by atoms with Gasteiger partial charge in [-0.1, -0.05) is 170 Å². The van der Waals surface area contributed by atoms with Crippen LogP contribution in [0.4, 0.5) is 0 Å². The molecule has 9 aromatic rings. The van der Waals surface area contributed by atoms with Crippen molar-refractivity contribution < 1.29 is 0 Å². The van der Waals surface area contributed by atoms with Gasteiger partial charge in [0.15, 0.2) is 0 Å². The highest BCUT2D eigenvalue weighted by Gasteiger charge is 2.15. The molecule has 0 unspecified atom stereocenters. The van der Waals surface area contributed by atoms with Gasteiger partial charge in [0.25, 0.3) is 0 Å². The molecular formula is C50H35N. The van der Waals surface area contributed by atoms with Crippen molar-refractivity contribution >= 4 is 27.4 Å². The molecule has 0 bridgehead atoms. The van der Waals surface area contributed by atoms with Crippen LogP contribution in [0.5, 0.6) is 0 Å². The van der Waals surface area contributed by atoms with Crippen LogP contribution in [-0.2, 0) is 0 Å². The standard InChI is InChI=1S/C50H35N/c1-35(36-17-21-40(22-18-36)38-11-5-2-6-12-38)37-19-23-41(24-20-37)42-25-27-43(28-26-42)45-30-32-50-48(34-45)47-33-44(39-13-7-3-8-14-39)29-31-49(47)51(50)46-15-9-4-10-16-46/h2-34H,1H2. The minimum atomic E-state index is 1.02. The second kappa shape index (κ2) is 13.0. The molecule has 1 aromatic heterocycles. The minimum absolute atomic E-state index is 1.02. The third-order valence-electron chi connectivity index (χ3n) is 10.0. The summed E-state index contributed by atoms with van der Waals surface area (Å²) in [6.07, 6.45) is 0. The van der Waals surface area contributed by atoms with Crippen LogP contribution in [0.3, 0.4) is 0 Å². The Bertz CT molecular complexity index is 2630. The number of para-hydroxylation sites is 1. The Kier molecular flexibility index (Phi) is 7.72. The van der Waals surface area contributed by atoms with Crippen molar-refractivity contribution in [1.82, 2.24) is 4.57 Å². The normalized spacial score (nSPS) is 11.2. The predicted molar refractivity (Wildman–Crippen MR) is 217 cm³/mol. The maximum atomic E-state index is 4.42. The number of hydrogen-bond acceptors (Lipinski definition) is 0. The molecule has 0 aliphatic carbocycles. The lowest BCUT2D eigenvalue weighted by Crippen LogP contribution is -1.93. The van der Waals surface area contributed by atoms with E-state index in [9.17, 15) is 0 Å². The first-order valence-electron chi connectivity index (χ1n) is 17.4. The van der Waals surface area contributed by atoms with E-state index in [2.05, 4.69) is 205 Å². The summed E-state index contributed by atoms with van der Waals surface area (Å²) in [6.45, 7) is 4.42. The van der Waals surface area contributed by atoms with E-state index in [1.165, 1.54) is 66.3 Å². The van der Waals surface area contributed by atoms with Crippen molar-refractivity contribution in [3.63, 3.8) is 0 Å². The Labute approximate surface area is 299 Å². The lowest BCUT2D eigenvalue weighted by atomic mass is 9.94. The Balaban J connectivity index is 1.01. The zero-order valence-electron chi connectivity index (χ0n) is 28.2. The molecular weight excluding hydrogens is 615 g/mol. The van der Waals surface area contributed by atoms with Crippen molar-refractivity contribution in [2.75, 3.05) is 0 Å². The monoisotopic (exact) mass is 649 g/mol. The van der Waals surface area contributed by atoms with Crippen molar-refractivity contribution in [2.24, 2.45) is 0 Å². The molecule has 0 saturated carbocycles.